The molecule has 112 valence electrons. The molecule has 5 nitrogen and oxygen atoms in total. The maximum atomic E-state index is 11.6. The zero-order valence-corrected chi connectivity index (χ0v) is 13.9. The summed E-state index contributed by atoms with van der Waals surface area (Å²) in [4.78, 5) is 13.4. The molecule has 0 saturated heterocycles. The van der Waals surface area contributed by atoms with Crippen LogP contribution in [0.1, 0.15) is 5.56 Å². The highest BCUT2D eigenvalue weighted by atomic mass is 79.9. The number of benzene rings is 1. The number of nitrogens with zero attached hydrogens (tertiary/aromatic N) is 1. The van der Waals surface area contributed by atoms with Crippen LogP contribution in [0.15, 0.2) is 16.6 Å². The maximum Gasteiger partial charge on any atom is 0.234 e. The largest absolute Gasteiger partial charge is 0.496 e. The lowest BCUT2D eigenvalue weighted by molar-refractivity contribution is -0.121. The summed E-state index contributed by atoms with van der Waals surface area (Å²) >= 11 is 3.42. The minimum absolute atomic E-state index is 0.0121. The lowest BCUT2D eigenvalue weighted by Gasteiger charge is -2.13. The van der Waals surface area contributed by atoms with Crippen molar-refractivity contribution in [2.75, 3.05) is 41.4 Å². The van der Waals surface area contributed by atoms with E-state index in [0.717, 1.165) is 21.5 Å². The fraction of sp³-hybridized carbons (Fsp3) is 0.500. The molecule has 1 aromatic carbocycles. The molecule has 0 aliphatic heterocycles. The molecule has 20 heavy (non-hydrogen) atoms. The molecule has 0 aromatic heterocycles. The molecule has 0 saturated carbocycles. The summed E-state index contributed by atoms with van der Waals surface area (Å²) in [7, 11) is 6.97. The second-order valence-corrected chi connectivity index (χ2v) is 5.49. The Morgan fingerprint density at radius 1 is 1.25 bits per heavy atom. The second-order valence-electron chi connectivity index (χ2n) is 4.64. The first-order valence-electron chi connectivity index (χ1n) is 6.29. The third-order valence-corrected chi connectivity index (χ3v) is 3.35. The molecule has 0 atom stereocenters. The molecule has 0 aliphatic rings. The van der Waals surface area contributed by atoms with Gasteiger partial charge in [-0.2, -0.15) is 0 Å². The summed E-state index contributed by atoms with van der Waals surface area (Å²) in [6, 6.07) is 3.79. The maximum absolute atomic E-state index is 11.6. The summed E-state index contributed by atoms with van der Waals surface area (Å²) in [5.41, 5.74) is 0.998. The van der Waals surface area contributed by atoms with E-state index < -0.39 is 0 Å². The van der Waals surface area contributed by atoms with Crippen LogP contribution in [0.5, 0.6) is 11.5 Å². The van der Waals surface area contributed by atoms with Crippen molar-refractivity contribution in [3.8, 4) is 11.5 Å². The highest BCUT2D eigenvalue weighted by Crippen LogP contribution is 2.32. The van der Waals surface area contributed by atoms with Crippen LogP contribution in [0.4, 0.5) is 0 Å². The van der Waals surface area contributed by atoms with Gasteiger partial charge in [0.05, 0.1) is 25.2 Å². The van der Waals surface area contributed by atoms with Crippen LogP contribution in [-0.4, -0.2) is 52.2 Å². The van der Waals surface area contributed by atoms with Crippen molar-refractivity contribution in [3.05, 3.63) is 22.2 Å². The summed E-state index contributed by atoms with van der Waals surface area (Å²) in [5.74, 6) is 1.54. The monoisotopic (exact) mass is 344 g/mol. The number of methoxy groups -OCH3 is 2. The normalized spacial score (nSPS) is 10.5. The van der Waals surface area contributed by atoms with Crippen molar-refractivity contribution < 1.29 is 14.3 Å². The zero-order valence-electron chi connectivity index (χ0n) is 12.3. The lowest BCUT2D eigenvalue weighted by atomic mass is 10.1. The third kappa shape index (κ3) is 5.02. The number of carbonyl (C=O) groups excluding carboxylic acids is 1. The van der Waals surface area contributed by atoms with Gasteiger partial charge in [0.2, 0.25) is 5.91 Å². The molecule has 0 heterocycles. The molecule has 0 aliphatic carbocycles. The van der Waals surface area contributed by atoms with Crippen LogP contribution in [0.3, 0.4) is 0 Å². The van der Waals surface area contributed by atoms with Gasteiger partial charge in [0.1, 0.15) is 11.5 Å². The van der Waals surface area contributed by atoms with Gasteiger partial charge in [0.15, 0.2) is 0 Å². The molecule has 1 rings (SSSR count). The number of rotatable bonds is 7. The predicted octanol–water partition coefficient (Wildman–Crippen LogP) is 1.69. The van der Waals surface area contributed by atoms with Crippen molar-refractivity contribution >= 4 is 21.8 Å². The lowest BCUT2D eigenvalue weighted by Crippen LogP contribution is -2.34. The first-order chi connectivity index (χ1) is 9.47. The van der Waals surface area contributed by atoms with Gasteiger partial charge >= 0.3 is 0 Å². The van der Waals surface area contributed by atoms with Crippen LogP contribution < -0.4 is 14.8 Å². The molecule has 0 bridgehead atoms. The molecule has 0 unspecified atom stereocenters. The van der Waals surface area contributed by atoms with E-state index in [0.29, 0.717) is 19.5 Å². The van der Waals surface area contributed by atoms with Crippen molar-refractivity contribution in [2.45, 2.75) is 6.42 Å². The molecule has 0 fully saturated rings. The second kappa shape index (κ2) is 8.11. The topological polar surface area (TPSA) is 50.8 Å². The SMILES string of the molecule is COc1cc(CCNC(=O)CN(C)C)c(OC)cc1Br. The van der Waals surface area contributed by atoms with E-state index in [1.165, 1.54) is 0 Å². The number of carbonyl (C=O) groups is 1. The predicted molar refractivity (Wildman–Crippen MR) is 82.5 cm³/mol. The third-order valence-electron chi connectivity index (χ3n) is 2.73. The Kier molecular flexibility index (Phi) is 6.81. The number of hydrogen-bond acceptors (Lipinski definition) is 4. The van der Waals surface area contributed by atoms with Gasteiger partial charge in [0.25, 0.3) is 0 Å². The van der Waals surface area contributed by atoms with Gasteiger partial charge in [-0.05, 0) is 54.1 Å². The fourth-order valence-corrected chi connectivity index (χ4v) is 2.28. The van der Waals surface area contributed by atoms with Gasteiger partial charge < -0.3 is 19.7 Å². The van der Waals surface area contributed by atoms with Crippen LogP contribution in [0.25, 0.3) is 0 Å². The van der Waals surface area contributed by atoms with Crippen molar-refractivity contribution in [3.63, 3.8) is 0 Å². The van der Waals surface area contributed by atoms with Gasteiger partial charge in [-0.1, -0.05) is 0 Å². The quantitative estimate of drug-likeness (QED) is 0.817. The molecular weight excluding hydrogens is 324 g/mol. The van der Waals surface area contributed by atoms with Crippen LogP contribution in [-0.2, 0) is 11.2 Å². The molecule has 1 amide bonds. The minimum atomic E-state index is 0.0121. The van der Waals surface area contributed by atoms with E-state index in [-0.39, 0.29) is 5.91 Å². The number of nitrogens with one attached hydrogen (secondary N) is 1. The van der Waals surface area contributed by atoms with Crippen molar-refractivity contribution in [1.82, 2.24) is 10.2 Å². The summed E-state index contributed by atoms with van der Waals surface area (Å²) < 4.78 is 11.5. The van der Waals surface area contributed by atoms with E-state index in [1.807, 2.05) is 31.1 Å². The number of hydrogen-bond donors (Lipinski definition) is 1. The molecule has 0 spiro atoms. The minimum Gasteiger partial charge on any atom is -0.496 e. The van der Waals surface area contributed by atoms with E-state index in [1.54, 1.807) is 14.2 Å². The highest BCUT2D eigenvalue weighted by molar-refractivity contribution is 9.10. The molecule has 0 radical (unpaired) electrons. The fourth-order valence-electron chi connectivity index (χ4n) is 1.80. The van der Waals surface area contributed by atoms with E-state index in [4.69, 9.17) is 9.47 Å². The Bertz CT molecular complexity index is 464. The molecule has 1 N–H and O–H groups in total. The van der Waals surface area contributed by atoms with Crippen molar-refractivity contribution in [2.24, 2.45) is 0 Å². The Hall–Kier alpha value is -1.27. The Morgan fingerprint density at radius 2 is 1.90 bits per heavy atom. The first kappa shape index (κ1) is 16.8. The standard InChI is InChI=1S/C14H21BrN2O3/c1-17(2)9-14(18)16-6-5-10-7-13(20-4)11(15)8-12(10)19-3/h7-8H,5-6,9H2,1-4H3,(H,16,18). The summed E-state index contributed by atoms with van der Waals surface area (Å²) in [5, 5.41) is 2.88. The Morgan fingerprint density at radius 3 is 2.45 bits per heavy atom. The summed E-state index contributed by atoms with van der Waals surface area (Å²) in [6.45, 7) is 0.953. The Balaban J connectivity index is 2.65. The number of likely N-dealkylation sites (N-methyl/N-ethyl adjacent to an activating group) is 1. The number of ether oxygens (including phenoxy) is 2. The van der Waals surface area contributed by atoms with Crippen LogP contribution in [0.2, 0.25) is 0 Å². The summed E-state index contributed by atoms with van der Waals surface area (Å²) in [6.07, 6.45) is 0.686. The smallest absolute Gasteiger partial charge is 0.234 e. The average Bonchev–Trinajstić information content (AvgIpc) is 2.39. The van der Waals surface area contributed by atoms with Crippen LogP contribution >= 0.6 is 15.9 Å². The first-order valence-corrected chi connectivity index (χ1v) is 7.09. The van der Waals surface area contributed by atoms with E-state index in [9.17, 15) is 4.79 Å². The van der Waals surface area contributed by atoms with Gasteiger partial charge in [-0.25, -0.2) is 0 Å². The Labute approximate surface area is 128 Å². The zero-order chi connectivity index (χ0) is 15.1. The molecule has 1 aromatic rings. The van der Waals surface area contributed by atoms with E-state index >= 15 is 0 Å². The van der Waals surface area contributed by atoms with Crippen molar-refractivity contribution in [1.29, 1.82) is 0 Å². The molecular formula is C14H21BrN2O3. The number of amides is 1. The average molecular weight is 345 g/mol. The van der Waals surface area contributed by atoms with E-state index in [2.05, 4.69) is 21.2 Å². The van der Waals surface area contributed by atoms with Crippen LogP contribution in [0, 0.1) is 0 Å². The number of halogens is 1. The van der Waals surface area contributed by atoms with Gasteiger partial charge in [-0.15, -0.1) is 0 Å². The molecule has 6 heteroatoms. The van der Waals surface area contributed by atoms with Gasteiger partial charge in [0, 0.05) is 6.54 Å². The highest BCUT2D eigenvalue weighted by Gasteiger charge is 2.10. The van der Waals surface area contributed by atoms with Gasteiger partial charge in [-0.3, -0.25) is 4.79 Å².